The Morgan fingerprint density at radius 2 is 2.06 bits per heavy atom. The van der Waals surface area contributed by atoms with Crippen molar-refractivity contribution in [3.63, 3.8) is 0 Å². The van der Waals surface area contributed by atoms with Crippen LogP contribution in [0.4, 0.5) is 13.2 Å². The number of nitrogens with zero attached hydrogens (tertiary/aromatic N) is 3. The Hall–Kier alpha value is -1.72. The number of alkyl halides is 3. The van der Waals surface area contributed by atoms with Crippen LogP contribution in [0.5, 0.6) is 0 Å². The maximum atomic E-state index is 12.9. The van der Waals surface area contributed by atoms with E-state index >= 15 is 0 Å². The summed E-state index contributed by atoms with van der Waals surface area (Å²) in [5.74, 6) is -1.97. The predicted molar refractivity (Wildman–Crippen MR) is 110 cm³/mol. The molecule has 2 aromatic rings. The first-order valence-corrected chi connectivity index (χ1v) is 10.6. The summed E-state index contributed by atoms with van der Waals surface area (Å²) in [6, 6.07) is 6.98. The summed E-state index contributed by atoms with van der Waals surface area (Å²) in [5, 5.41) is 11.3. The van der Waals surface area contributed by atoms with Gasteiger partial charge in [-0.15, -0.1) is 0 Å². The first-order chi connectivity index (χ1) is 14.6. The van der Waals surface area contributed by atoms with Gasteiger partial charge in [0.25, 0.3) is 5.91 Å². The molecule has 166 valence electrons. The maximum absolute atomic E-state index is 12.9. The molecular formula is C20H18BrClF3N3O3. The van der Waals surface area contributed by atoms with Crippen molar-refractivity contribution < 1.29 is 27.8 Å². The van der Waals surface area contributed by atoms with E-state index in [9.17, 15) is 23.1 Å². The Bertz CT molecular complexity index is 992. The number of amides is 1. The summed E-state index contributed by atoms with van der Waals surface area (Å²) < 4.78 is 44.5. The van der Waals surface area contributed by atoms with E-state index in [1.54, 1.807) is 23.1 Å². The summed E-state index contributed by atoms with van der Waals surface area (Å²) in [4.78, 5) is 20.0. The molecule has 0 spiro atoms. The highest BCUT2D eigenvalue weighted by atomic mass is 79.9. The zero-order valence-electron chi connectivity index (χ0n) is 16.1. The van der Waals surface area contributed by atoms with E-state index in [4.69, 9.17) is 16.3 Å². The molecule has 2 aliphatic rings. The fourth-order valence-corrected chi connectivity index (χ4v) is 4.38. The molecule has 6 nitrogen and oxygen atoms in total. The van der Waals surface area contributed by atoms with Crippen LogP contribution in [-0.4, -0.2) is 64.6 Å². The van der Waals surface area contributed by atoms with E-state index in [2.05, 4.69) is 20.9 Å². The minimum Gasteiger partial charge on any atom is -0.361 e. The average Bonchev–Trinajstić information content (AvgIpc) is 2.74. The molecule has 0 radical (unpaired) electrons. The predicted octanol–water partition coefficient (Wildman–Crippen LogP) is 3.52. The Morgan fingerprint density at radius 1 is 1.29 bits per heavy atom. The lowest BCUT2D eigenvalue weighted by Crippen LogP contribution is -2.63. The zero-order valence-corrected chi connectivity index (χ0v) is 18.4. The molecule has 1 aromatic carbocycles. The molecule has 1 N–H and O–H groups in total. The number of carbonyl (C=O) groups is 1. The summed E-state index contributed by atoms with van der Waals surface area (Å²) in [7, 11) is 0. The maximum Gasteiger partial charge on any atom is 0.433 e. The quantitative estimate of drug-likeness (QED) is 0.657. The first kappa shape index (κ1) is 22.5. The van der Waals surface area contributed by atoms with Gasteiger partial charge >= 0.3 is 6.18 Å². The van der Waals surface area contributed by atoms with Crippen LogP contribution in [-0.2, 0) is 16.7 Å². The first-order valence-electron chi connectivity index (χ1n) is 9.46. The van der Waals surface area contributed by atoms with Crippen molar-refractivity contribution in [2.75, 3.05) is 32.8 Å². The normalized spacial score (nSPS) is 24.7. The summed E-state index contributed by atoms with van der Waals surface area (Å²) in [6.07, 6.45) is -3.57. The number of carbonyl (C=O) groups excluding carboxylic acids is 1. The lowest BCUT2D eigenvalue weighted by molar-refractivity contribution is -0.265. The highest BCUT2D eigenvalue weighted by Gasteiger charge is 2.44. The summed E-state index contributed by atoms with van der Waals surface area (Å²) in [6.45, 7) is 1.43. The molecule has 1 aromatic heterocycles. The molecule has 0 bridgehead atoms. The molecule has 4 rings (SSSR count). The number of aliphatic hydroxyl groups is 1. The Balaban J connectivity index is 1.45. The molecule has 31 heavy (non-hydrogen) atoms. The van der Waals surface area contributed by atoms with Crippen LogP contribution in [0.1, 0.15) is 21.6 Å². The molecule has 0 unspecified atom stereocenters. The monoisotopic (exact) mass is 519 g/mol. The second-order valence-electron chi connectivity index (χ2n) is 7.50. The smallest absolute Gasteiger partial charge is 0.361 e. The van der Waals surface area contributed by atoms with Crippen LogP contribution < -0.4 is 0 Å². The molecule has 2 atom stereocenters. The van der Waals surface area contributed by atoms with Gasteiger partial charge in [-0.3, -0.25) is 14.7 Å². The second-order valence-corrected chi connectivity index (χ2v) is 8.73. The number of ether oxygens (including phenoxy) is 1. The minimum atomic E-state index is -4.56. The van der Waals surface area contributed by atoms with E-state index in [0.717, 1.165) is 12.3 Å². The van der Waals surface area contributed by atoms with Crippen molar-refractivity contribution in [1.82, 2.24) is 14.8 Å². The van der Waals surface area contributed by atoms with Crippen LogP contribution in [0, 0.1) is 0 Å². The molecule has 3 heterocycles. The summed E-state index contributed by atoms with van der Waals surface area (Å²) in [5.41, 5.74) is -0.487. The number of aromatic nitrogens is 1. The number of pyridine rings is 1. The molecule has 1 amide bonds. The molecule has 0 saturated carbocycles. The van der Waals surface area contributed by atoms with Gasteiger partial charge in [0.2, 0.25) is 5.79 Å². The van der Waals surface area contributed by atoms with Crippen molar-refractivity contribution in [3.05, 3.63) is 62.8 Å². The number of rotatable bonds is 2. The number of fused-ring (bicyclic) bond motifs is 1. The van der Waals surface area contributed by atoms with Gasteiger partial charge in [-0.05, 0) is 40.2 Å². The number of morpholine rings is 1. The van der Waals surface area contributed by atoms with Crippen LogP contribution in [0.25, 0.3) is 0 Å². The molecule has 2 aliphatic heterocycles. The highest BCUT2D eigenvalue weighted by molar-refractivity contribution is 9.10. The van der Waals surface area contributed by atoms with Gasteiger partial charge in [-0.2, -0.15) is 13.2 Å². The third-order valence-corrected chi connectivity index (χ3v) is 6.81. The molecule has 0 aliphatic carbocycles. The molecular weight excluding hydrogens is 503 g/mol. The lowest BCUT2D eigenvalue weighted by atomic mass is 10.0. The Morgan fingerprint density at radius 3 is 2.74 bits per heavy atom. The van der Waals surface area contributed by atoms with Gasteiger partial charge in [-0.1, -0.05) is 17.7 Å². The van der Waals surface area contributed by atoms with Crippen LogP contribution in [0.2, 0.25) is 5.02 Å². The fraction of sp³-hybridized carbons (Fsp3) is 0.400. The van der Waals surface area contributed by atoms with Gasteiger partial charge in [0.1, 0.15) is 5.69 Å². The van der Waals surface area contributed by atoms with Gasteiger partial charge in [-0.25, -0.2) is 0 Å². The number of hydrogen-bond acceptors (Lipinski definition) is 5. The second kappa shape index (κ2) is 8.32. The van der Waals surface area contributed by atoms with Crippen molar-refractivity contribution in [3.8, 4) is 0 Å². The van der Waals surface area contributed by atoms with E-state index in [1.807, 2.05) is 4.90 Å². The van der Waals surface area contributed by atoms with Gasteiger partial charge in [0.15, 0.2) is 0 Å². The third kappa shape index (κ3) is 4.45. The zero-order chi connectivity index (χ0) is 22.4. The van der Waals surface area contributed by atoms with Gasteiger partial charge in [0, 0.05) is 35.9 Å². The largest absolute Gasteiger partial charge is 0.433 e. The van der Waals surface area contributed by atoms with Crippen molar-refractivity contribution in [2.45, 2.75) is 18.0 Å². The van der Waals surface area contributed by atoms with Crippen LogP contribution >= 0.6 is 27.5 Å². The third-order valence-electron chi connectivity index (χ3n) is 5.51. The standard InChI is InChI=1S/C20H18BrClF3N3O3/c21-15-3-1-2-14(17(15)22)18(29)27-6-7-28-11-19(30,31-10-13(28)9-27)12-4-5-16(26-8-12)20(23,24)25/h1-5,8,13,30H,6-7,9-11H2/t13-,19-/m0/s1. The number of benzene rings is 1. The van der Waals surface area contributed by atoms with Crippen LogP contribution in [0.15, 0.2) is 41.0 Å². The van der Waals surface area contributed by atoms with Gasteiger partial charge in [0.05, 0.1) is 29.8 Å². The van der Waals surface area contributed by atoms with Crippen molar-refractivity contribution >= 4 is 33.4 Å². The Labute approximate surface area is 189 Å². The molecule has 2 fully saturated rings. The van der Waals surface area contributed by atoms with E-state index in [1.165, 1.54) is 6.07 Å². The average molecular weight is 521 g/mol. The van der Waals surface area contributed by atoms with Crippen molar-refractivity contribution in [1.29, 1.82) is 0 Å². The molecule has 11 heteroatoms. The number of piperazine rings is 1. The van der Waals surface area contributed by atoms with E-state index in [-0.39, 0.29) is 30.7 Å². The number of hydrogen-bond donors (Lipinski definition) is 1. The Kier molecular flexibility index (Phi) is 6.04. The van der Waals surface area contributed by atoms with Gasteiger partial charge < -0.3 is 14.7 Å². The summed E-state index contributed by atoms with van der Waals surface area (Å²) >= 11 is 9.57. The van der Waals surface area contributed by atoms with E-state index < -0.39 is 17.7 Å². The topological polar surface area (TPSA) is 65.9 Å². The lowest BCUT2D eigenvalue weighted by Gasteiger charge is -2.48. The fourth-order valence-electron chi connectivity index (χ4n) is 3.81. The van der Waals surface area contributed by atoms with Crippen molar-refractivity contribution in [2.24, 2.45) is 0 Å². The minimum absolute atomic E-state index is 0.0599. The van der Waals surface area contributed by atoms with Crippen LogP contribution in [0.3, 0.4) is 0 Å². The SMILES string of the molecule is O=C(c1cccc(Br)c1Cl)N1CCN2C[C@@](O)(c3ccc(C(F)(F)F)nc3)OC[C@@H]2C1. The number of halogens is 5. The van der Waals surface area contributed by atoms with E-state index in [0.29, 0.717) is 34.7 Å². The molecule has 2 saturated heterocycles. The highest BCUT2D eigenvalue weighted by Crippen LogP contribution is 2.34.